The molecule has 2 heterocycles. The van der Waals surface area contributed by atoms with Gasteiger partial charge in [-0.3, -0.25) is 0 Å². The summed E-state index contributed by atoms with van der Waals surface area (Å²) < 4.78 is 0. The summed E-state index contributed by atoms with van der Waals surface area (Å²) in [5.41, 5.74) is 2.84. The molecule has 0 aromatic carbocycles. The molecule has 2 aromatic rings. The van der Waals surface area contributed by atoms with Crippen LogP contribution in [0.3, 0.4) is 0 Å². The SMILES string of the molecule is C=C/C=C\C(=C/C=C)c1cnc2ncccc2c1. The summed E-state index contributed by atoms with van der Waals surface area (Å²) >= 11 is 0. The molecule has 0 atom stereocenters. The molecule has 2 rings (SSSR count). The maximum atomic E-state index is 4.35. The minimum absolute atomic E-state index is 0.756. The van der Waals surface area contributed by atoms with Crippen molar-refractivity contribution in [1.82, 2.24) is 9.97 Å². The molecule has 2 heteroatoms. The fourth-order valence-corrected chi connectivity index (χ4v) is 1.67. The van der Waals surface area contributed by atoms with Gasteiger partial charge in [0.2, 0.25) is 0 Å². The summed E-state index contributed by atoms with van der Waals surface area (Å²) in [6, 6.07) is 5.98. The Hall–Kier alpha value is -2.48. The van der Waals surface area contributed by atoms with E-state index in [4.69, 9.17) is 0 Å². The molecule has 2 aromatic heterocycles. The molecule has 0 unspecified atom stereocenters. The summed E-state index contributed by atoms with van der Waals surface area (Å²) in [6.07, 6.45) is 12.9. The van der Waals surface area contributed by atoms with Gasteiger partial charge in [0, 0.05) is 23.3 Å². The van der Waals surface area contributed by atoms with Crippen molar-refractivity contribution in [2.24, 2.45) is 0 Å². The first-order chi connectivity index (χ1) is 8.85. The van der Waals surface area contributed by atoms with Crippen LogP contribution in [0.1, 0.15) is 5.56 Å². The lowest BCUT2D eigenvalue weighted by Crippen LogP contribution is -1.87. The van der Waals surface area contributed by atoms with E-state index in [1.165, 1.54) is 0 Å². The molecule has 0 saturated carbocycles. The zero-order valence-corrected chi connectivity index (χ0v) is 10.1. The second-order valence-electron chi connectivity index (χ2n) is 3.73. The fraction of sp³-hybridized carbons (Fsp3) is 0. The second kappa shape index (κ2) is 5.73. The Morgan fingerprint density at radius 1 is 1.17 bits per heavy atom. The molecule has 0 N–H and O–H groups in total. The Morgan fingerprint density at radius 3 is 2.83 bits per heavy atom. The molecule has 0 bridgehead atoms. The lowest BCUT2D eigenvalue weighted by Gasteiger charge is -2.03. The molecule has 0 aliphatic rings. The van der Waals surface area contributed by atoms with Crippen LogP contribution in [-0.2, 0) is 0 Å². The number of allylic oxidation sites excluding steroid dienone is 6. The van der Waals surface area contributed by atoms with Crippen LogP contribution in [0.4, 0.5) is 0 Å². The summed E-state index contributed by atoms with van der Waals surface area (Å²) in [5, 5.41) is 1.02. The Balaban J connectivity index is 2.51. The first kappa shape index (κ1) is 12.0. The summed E-state index contributed by atoms with van der Waals surface area (Å²) in [5.74, 6) is 0. The zero-order chi connectivity index (χ0) is 12.8. The minimum Gasteiger partial charge on any atom is -0.237 e. The molecule has 0 amide bonds. The Bertz CT molecular complexity index is 636. The van der Waals surface area contributed by atoms with Crippen LogP contribution in [0, 0.1) is 0 Å². The molecule has 2 nitrogen and oxygen atoms in total. The number of pyridine rings is 2. The van der Waals surface area contributed by atoms with E-state index in [2.05, 4.69) is 29.2 Å². The predicted molar refractivity (Wildman–Crippen MR) is 77.0 cm³/mol. The lowest BCUT2D eigenvalue weighted by molar-refractivity contribution is 1.28. The van der Waals surface area contributed by atoms with Crippen molar-refractivity contribution in [3.05, 3.63) is 79.7 Å². The minimum atomic E-state index is 0.756. The van der Waals surface area contributed by atoms with E-state index in [0.717, 1.165) is 22.2 Å². The van der Waals surface area contributed by atoms with Gasteiger partial charge in [-0.25, -0.2) is 9.97 Å². The van der Waals surface area contributed by atoms with Crippen LogP contribution < -0.4 is 0 Å². The summed E-state index contributed by atoms with van der Waals surface area (Å²) in [6.45, 7) is 7.40. The van der Waals surface area contributed by atoms with Crippen LogP contribution in [0.15, 0.2) is 74.1 Å². The highest BCUT2D eigenvalue weighted by Crippen LogP contribution is 2.19. The van der Waals surface area contributed by atoms with E-state index in [-0.39, 0.29) is 0 Å². The van der Waals surface area contributed by atoms with Crippen LogP contribution >= 0.6 is 0 Å². The first-order valence-corrected chi connectivity index (χ1v) is 5.68. The average Bonchev–Trinajstić information content (AvgIpc) is 2.43. The Labute approximate surface area is 107 Å². The molecule has 0 radical (unpaired) electrons. The molecule has 0 aliphatic heterocycles. The van der Waals surface area contributed by atoms with Gasteiger partial charge in [0.1, 0.15) is 0 Å². The monoisotopic (exact) mass is 234 g/mol. The van der Waals surface area contributed by atoms with Gasteiger partial charge < -0.3 is 0 Å². The summed E-state index contributed by atoms with van der Waals surface area (Å²) in [4.78, 5) is 8.55. The van der Waals surface area contributed by atoms with Crippen molar-refractivity contribution < 1.29 is 0 Å². The number of aromatic nitrogens is 2. The quantitative estimate of drug-likeness (QED) is 0.749. The third-order valence-electron chi connectivity index (χ3n) is 2.50. The lowest BCUT2D eigenvalue weighted by atomic mass is 10.1. The Morgan fingerprint density at radius 2 is 2.06 bits per heavy atom. The zero-order valence-electron chi connectivity index (χ0n) is 10.1. The standard InChI is InChI=1S/C16H14N2/c1-3-5-8-13(7-4-2)15-11-14-9-6-10-17-16(14)18-12-15/h3-12H,1-2H2/b8-5-,13-7+. The van der Waals surface area contributed by atoms with Gasteiger partial charge in [0.25, 0.3) is 0 Å². The largest absolute Gasteiger partial charge is 0.237 e. The summed E-state index contributed by atoms with van der Waals surface area (Å²) in [7, 11) is 0. The highest BCUT2D eigenvalue weighted by atomic mass is 14.8. The number of nitrogens with zero attached hydrogens (tertiary/aromatic N) is 2. The van der Waals surface area contributed by atoms with Crippen LogP contribution in [0.2, 0.25) is 0 Å². The predicted octanol–water partition coefficient (Wildman–Crippen LogP) is 3.94. The Kier molecular flexibility index (Phi) is 3.82. The number of hydrogen-bond acceptors (Lipinski definition) is 2. The number of rotatable bonds is 4. The first-order valence-electron chi connectivity index (χ1n) is 5.68. The molecule has 18 heavy (non-hydrogen) atoms. The van der Waals surface area contributed by atoms with E-state index < -0.39 is 0 Å². The van der Waals surface area contributed by atoms with E-state index in [9.17, 15) is 0 Å². The van der Waals surface area contributed by atoms with Gasteiger partial charge in [0.05, 0.1) is 0 Å². The highest BCUT2D eigenvalue weighted by molar-refractivity contribution is 5.83. The second-order valence-corrected chi connectivity index (χ2v) is 3.73. The van der Waals surface area contributed by atoms with Gasteiger partial charge in [-0.2, -0.15) is 0 Å². The molecular weight excluding hydrogens is 220 g/mol. The molecule has 88 valence electrons. The van der Waals surface area contributed by atoms with Gasteiger partial charge in [-0.15, -0.1) is 0 Å². The van der Waals surface area contributed by atoms with Crippen molar-refractivity contribution in [3.8, 4) is 0 Å². The van der Waals surface area contributed by atoms with E-state index in [1.807, 2.05) is 36.6 Å². The molecule has 0 aliphatic carbocycles. The van der Waals surface area contributed by atoms with Crippen molar-refractivity contribution in [2.45, 2.75) is 0 Å². The van der Waals surface area contributed by atoms with Gasteiger partial charge in [-0.1, -0.05) is 43.5 Å². The molecule has 0 saturated heterocycles. The maximum Gasteiger partial charge on any atom is 0.159 e. The van der Waals surface area contributed by atoms with Gasteiger partial charge in [-0.05, 0) is 23.8 Å². The van der Waals surface area contributed by atoms with Crippen LogP contribution in [0.25, 0.3) is 16.6 Å². The number of hydrogen-bond donors (Lipinski definition) is 0. The van der Waals surface area contributed by atoms with E-state index >= 15 is 0 Å². The van der Waals surface area contributed by atoms with Crippen molar-refractivity contribution in [1.29, 1.82) is 0 Å². The normalized spacial score (nSPS) is 11.9. The van der Waals surface area contributed by atoms with Gasteiger partial charge in [0.15, 0.2) is 5.65 Å². The fourth-order valence-electron chi connectivity index (χ4n) is 1.67. The third kappa shape index (κ3) is 2.61. The topological polar surface area (TPSA) is 25.8 Å². The van der Waals surface area contributed by atoms with Crippen molar-refractivity contribution in [3.63, 3.8) is 0 Å². The molecular formula is C16H14N2. The van der Waals surface area contributed by atoms with Crippen molar-refractivity contribution in [2.75, 3.05) is 0 Å². The maximum absolute atomic E-state index is 4.35. The number of fused-ring (bicyclic) bond motifs is 1. The highest BCUT2D eigenvalue weighted by Gasteiger charge is 2.00. The average molecular weight is 234 g/mol. The van der Waals surface area contributed by atoms with Crippen molar-refractivity contribution >= 4 is 16.6 Å². The van der Waals surface area contributed by atoms with Crippen LogP contribution in [0.5, 0.6) is 0 Å². The third-order valence-corrected chi connectivity index (χ3v) is 2.50. The van der Waals surface area contributed by atoms with E-state index in [0.29, 0.717) is 0 Å². The smallest absolute Gasteiger partial charge is 0.159 e. The molecule has 0 fully saturated rings. The molecule has 0 spiro atoms. The van der Waals surface area contributed by atoms with Crippen LogP contribution in [-0.4, -0.2) is 9.97 Å². The van der Waals surface area contributed by atoms with E-state index in [1.54, 1.807) is 18.3 Å². The van der Waals surface area contributed by atoms with Gasteiger partial charge >= 0.3 is 0 Å².